The van der Waals surface area contributed by atoms with Crippen LogP contribution in [0.3, 0.4) is 0 Å². The third-order valence-corrected chi connectivity index (χ3v) is 3.51. The van der Waals surface area contributed by atoms with Gasteiger partial charge in [-0.25, -0.2) is 4.39 Å². The van der Waals surface area contributed by atoms with Crippen molar-refractivity contribution in [2.75, 3.05) is 0 Å². The van der Waals surface area contributed by atoms with Crippen LogP contribution in [0.1, 0.15) is 16.1 Å². The van der Waals surface area contributed by atoms with Crippen LogP contribution in [-0.4, -0.2) is 15.6 Å². The molecule has 1 heterocycles. The number of ketones is 1. The molecule has 3 nitrogen and oxygen atoms in total. The van der Waals surface area contributed by atoms with Crippen molar-refractivity contribution >= 4 is 37.6 Å². The number of carbonyl (C=O) groups is 1. The maximum atomic E-state index is 13.3. The SMILES string of the molecule is Cn1ncc(Br)c1C(=O)c1ccc(Br)c(F)c1. The minimum Gasteiger partial charge on any atom is -0.287 e. The molecular formula is C11H7Br2FN2O. The Morgan fingerprint density at radius 3 is 2.59 bits per heavy atom. The van der Waals surface area contributed by atoms with Crippen LogP contribution in [0.4, 0.5) is 4.39 Å². The molecule has 0 aliphatic rings. The summed E-state index contributed by atoms with van der Waals surface area (Å²) in [6.07, 6.45) is 1.53. The Kier molecular flexibility index (Phi) is 3.44. The predicted octanol–water partition coefficient (Wildman–Crippen LogP) is 3.32. The first-order valence-electron chi connectivity index (χ1n) is 4.68. The van der Waals surface area contributed by atoms with E-state index in [2.05, 4.69) is 37.0 Å². The lowest BCUT2D eigenvalue weighted by Gasteiger charge is -2.03. The molecule has 0 N–H and O–H groups in total. The summed E-state index contributed by atoms with van der Waals surface area (Å²) in [4.78, 5) is 12.1. The van der Waals surface area contributed by atoms with Gasteiger partial charge in [-0.1, -0.05) is 0 Å². The van der Waals surface area contributed by atoms with Crippen LogP contribution >= 0.6 is 31.9 Å². The molecule has 0 aliphatic carbocycles. The van der Waals surface area contributed by atoms with Crippen LogP contribution in [-0.2, 0) is 7.05 Å². The molecule has 0 saturated carbocycles. The molecule has 0 spiro atoms. The number of nitrogens with zero attached hydrogens (tertiary/aromatic N) is 2. The summed E-state index contributed by atoms with van der Waals surface area (Å²) in [5.74, 6) is -0.739. The van der Waals surface area contributed by atoms with Gasteiger partial charge in [-0.05, 0) is 50.1 Å². The second-order valence-electron chi connectivity index (χ2n) is 3.42. The van der Waals surface area contributed by atoms with Gasteiger partial charge >= 0.3 is 0 Å². The smallest absolute Gasteiger partial charge is 0.212 e. The third kappa shape index (κ3) is 2.32. The van der Waals surface area contributed by atoms with Gasteiger partial charge in [0.15, 0.2) is 0 Å². The first kappa shape index (κ1) is 12.4. The van der Waals surface area contributed by atoms with Gasteiger partial charge in [-0.3, -0.25) is 9.48 Å². The van der Waals surface area contributed by atoms with E-state index in [1.54, 1.807) is 13.1 Å². The molecule has 2 aromatic rings. The molecule has 0 radical (unpaired) electrons. The molecule has 0 bridgehead atoms. The Balaban J connectivity index is 2.48. The molecule has 0 fully saturated rings. The zero-order valence-electron chi connectivity index (χ0n) is 8.75. The number of hydrogen-bond acceptors (Lipinski definition) is 2. The number of halogens is 3. The van der Waals surface area contributed by atoms with E-state index < -0.39 is 5.82 Å². The lowest BCUT2D eigenvalue weighted by atomic mass is 10.1. The first-order chi connectivity index (χ1) is 8.00. The topological polar surface area (TPSA) is 34.9 Å². The number of aryl methyl sites for hydroxylation is 1. The second-order valence-corrected chi connectivity index (χ2v) is 5.13. The Bertz CT molecular complexity index is 576. The maximum Gasteiger partial charge on any atom is 0.212 e. The molecule has 0 amide bonds. The summed E-state index contributed by atoms with van der Waals surface area (Å²) >= 11 is 6.28. The summed E-state index contributed by atoms with van der Waals surface area (Å²) in [6, 6.07) is 4.27. The molecule has 88 valence electrons. The standard InChI is InChI=1S/C11H7Br2FN2O/c1-16-10(8(13)5-15-16)11(17)6-2-3-7(12)9(14)4-6/h2-5H,1H3. The fourth-order valence-electron chi connectivity index (χ4n) is 1.44. The van der Waals surface area contributed by atoms with Gasteiger partial charge in [0.05, 0.1) is 15.1 Å². The summed E-state index contributed by atoms with van der Waals surface area (Å²) < 4.78 is 15.7. The van der Waals surface area contributed by atoms with E-state index >= 15 is 0 Å². The quantitative estimate of drug-likeness (QED) is 0.769. The van der Waals surface area contributed by atoms with Crippen LogP contribution in [0.2, 0.25) is 0 Å². The minimum atomic E-state index is -0.464. The van der Waals surface area contributed by atoms with Crippen LogP contribution in [0, 0.1) is 5.82 Å². The van der Waals surface area contributed by atoms with Gasteiger partial charge in [0.25, 0.3) is 0 Å². The van der Waals surface area contributed by atoms with Gasteiger partial charge in [0.2, 0.25) is 5.78 Å². The Morgan fingerprint density at radius 2 is 2.06 bits per heavy atom. The molecular weight excluding hydrogens is 355 g/mol. The van der Waals surface area contributed by atoms with Crippen molar-refractivity contribution in [2.24, 2.45) is 7.05 Å². The van der Waals surface area contributed by atoms with Crippen molar-refractivity contribution in [3.8, 4) is 0 Å². The molecule has 17 heavy (non-hydrogen) atoms. The summed E-state index contributed by atoms with van der Waals surface area (Å²) in [5.41, 5.74) is 0.682. The van der Waals surface area contributed by atoms with E-state index in [4.69, 9.17) is 0 Å². The molecule has 2 rings (SSSR count). The average molecular weight is 362 g/mol. The molecule has 0 atom stereocenters. The molecule has 0 aliphatic heterocycles. The van der Waals surface area contributed by atoms with Gasteiger partial charge in [0, 0.05) is 12.6 Å². The van der Waals surface area contributed by atoms with Crippen LogP contribution in [0.5, 0.6) is 0 Å². The summed E-state index contributed by atoms with van der Waals surface area (Å²) in [6.45, 7) is 0. The number of rotatable bonds is 2. The Labute approximate surface area is 114 Å². The largest absolute Gasteiger partial charge is 0.287 e. The maximum absolute atomic E-state index is 13.3. The van der Waals surface area contributed by atoms with E-state index in [1.807, 2.05) is 0 Å². The first-order valence-corrected chi connectivity index (χ1v) is 6.26. The van der Waals surface area contributed by atoms with E-state index in [-0.39, 0.29) is 11.3 Å². The van der Waals surface area contributed by atoms with Gasteiger partial charge in [-0.15, -0.1) is 0 Å². The number of carbonyl (C=O) groups excluding carboxylic acids is 1. The van der Waals surface area contributed by atoms with Crippen molar-refractivity contribution < 1.29 is 9.18 Å². The van der Waals surface area contributed by atoms with E-state index in [1.165, 1.54) is 23.0 Å². The highest BCUT2D eigenvalue weighted by Gasteiger charge is 2.18. The van der Waals surface area contributed by atoms with Crippen molar-refractivity contribution in [1.82, 2.24) is 9.78 Å². The highest BCUT2D eigenvalue weighted by Crippen LogP contribution is 2.22. The molecule has 1 aromatic heterocycles. The van der Waals surface area contributed by atoms with Crippen molar-refractivity contribution in [3.63, 3.8) is 0 Å². The lowest BCUT2D eigenvalue weighted by Crippen LogP contribution is -2.09. The fourth-order valence-corrected chi connectivity index (χ4v) is 2.22. The monoisotopic (exact) mass is 360 g/mol. The normalized spacial score (nSPS) is 10.6. The van der Waals surface area contributed by atoms with Crippen molar-refractivity contribution in [3.05, 3.63) is 50.4 Å². The number of benzene rings is 1. The van der Waals surface area contributed by atoms with E-state index in [0.717, 1.165) is 0 Å². The second kappa shape index (κ2) is 4.70. The minimum absolute atomic E-state index is 0.275. The number of aromatic nitrogens is 2. The zero-order valence-corrected chi connectivity index (χ0v) is 11.9. The van der Waals surface area contributed by atoms with Crippen LogP contribution in [0.15, 0.2) is 33.3 Å². The predicted molar refractivity (Wildman–Crippen MR) is 68.4 cm³/mol. The molecule has 6 heteroatoms. The lowest BCUT2D eigenvalue weighted by molar-refractivity contribution is 0.102. The van der Waals surface area contributed by atoms with Gasteiger partial charge in [0.1, 0.15) is 11.5 Å². The van der Waals surface area contributed by atoms with E-state index in [0.29, 0.717) is 14.6 Å². The summed E-state index contributed by atoms with van der Waals surface area (Å²) in [5, 5.41) is 3.95. The highest BCUT2D eigenvalue weighted by atomic mass is 79.9. The Hall–Kier alpha value is -1.01. The average Bonchev–Trinajstić information content (AvgIpc) is 2.62. The van der Waals surface area contributed by atoms with Crippen LogP contribution in [0.25, 0.3) is 0 Å². The van der Waals surface area contributed by atoms with Gasteiger partial charge in [-0.2, -0.15) is 5.10 Å². The summed E-state index contributed by atoms with van der Waals surface area (Å²) in [7, 11) is 1.66. The van der Waals surface area contributed by atoms with Crippen molar-refractivity contribution in [2.45, 2.75) is 0 Å². The molecule has 0 unspecified atom stereocenters. The molecule has 1 aromatic carbocycles. The van der Waals surface area contributed by atoms with Crippen LogP contribution < -0.4 is 0 Å². The van der Waals surface area contributed by atoms with Gasteiger partial charge < -0.3 is 0 Å². The van der Waals surface area contributed by atoms with E-state index in [9.17, 15) is 9.18 Å². The zero-order chi connectivity index (χ0) is 12.6. The Morgan fingerprint density at radius 1 is 1.35 bits per heavy atom. The third-order valence-electron chi connectivity index (χ3n) is 2.29. The fraction of sp³-hybridized carbons (Fsp3) is 0.0909. The van der Waals surface area contributed by atoms with Crippen molar-refractivity contribution in [1.29, 1.82) is 0 Å². The highest BCUT2D eigenvalue weighted by molar-refractivity contribution is 9.10. The molecule has 0 saturated heterocycles. The number of hydrogen-bond donors (Lipinski definition) is 0.